The average molecular weight is 430 g/mol. The molecule has 3 N–H and O–H groups in total. The Morgan fingerprint density at radius 2 is 2.00 bits per heavy atom. The number of nitrogens with one attached hydrogen (secondary N) is 1. The van der Waals surface area contributed by atoms with E-state index in [-0.39, 0.29) is 48.5 Å². The number of hydrogen-bond acceptors (Lipinski definition) is 4. The molecule has 0 saturated heterocycles. The molecule has 9 heteroatoms. The van der Waals surface area contributed by atoms with E-state index in [1.54, 1.807) is 12.1 Å². The fourth-order valence-corrected chi connectivity index (χ4v) is 3.96. The zero-order valence-corrected chi connectivity index (χ0v) is 17.2. The Balaban J connectivity index is 0.00000140. The van der Waals surface area contributed by atoms with Crippen LogP contribution in [0.1, 0.15) is 44.3 Å². The van der Waals surface area contributed by atoms with Crippen LogP contribution in [0.2, 0.25) is 0 Å². The molecule has 1 saturated carbocycles. The van der Waals surface area contributed by atoms with E-state index in [1.165, 1.54) is 6.07 Å². The van der Waals surface area contributed by atoms with E-state index in [9.17, 15) is 9.18 Å². The molecular formula is C19H26Cl2FN5O. The van der Waals surface area contributed by atoms with Crippen molar-refractivity contribution in [1.82, 2.24) is 14.8 Å². The molecule has 1 fully saturated rings. The topological polar surface area (TPSA) is 85.8 Å². The number of nitrogens with two attached hydrogens (primary N) is 1. The monoisotopic (exact) mass is 429 g/mol. The zero-order valence-electron chi connectivity index (χ0n) is 15.6. The van der Waals surface area contributed by atoms with Crippen LogP contribution < -0.4 is 11.1 Å². The van der Waals surface area contributed by atoms with Crippen molar-refractivity contribution >= 4 is 36.4 Å². The van der Waals surface area contributed by atoms with Crippen LogP contribution in [-0.2, 0) is 17.8 Å². The molecule has 6 nitrogen and oxygen atoms in total. The minimum Gasteiger partial charge on any atom is -0.328 e. The number of carbonyl (C=O) groups is 1. The third-order valence-corrected chi connectivity index (χ3v) is 5.43. The van der Waals surface area contributed by atoms with Gasteiger partial charge in [-0.1, -0.05) is 6.42 Å². The summed E-state index contributed by atoms with van der Waals surface area (Å²) >= 11 is 0. The highest BCUT2D eigenvalue weighted by Crippen LogP contribution is 2.29. The first-order valence-electron chi connectivity index (χ1n) is 9.40. The highest BCUT2D eigenvalue weighted by atomic mass is 35.5. The molecule has 1 aliphatic carbocycles. The highest BCUT2D eigenvalue weighted by Gasteiger charge is 2.28. The Labute approximate surface area is 176 Å². The average Bonchev–Trinajstić information content (AvgIpc) is 3.16. The molecule has 2 unspecified atom stereocenters. The van der Waals surface area contributed by atoms with Crippen molar-refractivity contribution in [2.75, 3.05) is 5.32 Å². The van der Waals surface area contributed by atoms with Crippen LogP contribution in [0.5, 0.6) is 0 Å². The summed E-state index contributed by atoms with van der Waals surface area (Å²) in [4.78, 5) is 12.4. The molecule has 154 valence electrons. The van der Waals surface area contributed by atoms with E-state index >= 15 is 0 Å². The fraction of sp³-hybridized carbons (Fsp3) is 0.526. The molecular weight excluding hydrogens is 404 g/mol. The van der Waals surface area contributed by atoms with Gasteiger partial charge in [-0.25, -0.2) is 4.39 Å². The number of amides is 1. The largest absolute Gasteiger partial charge is 0.328 e. The van der Waals surface area contributed by atoms with Crippen LogP contribution in [0, 0.1) is 11.7 Å². The van der Waals surface area contributed by atoms with Gasteiger partial charge < -0.3 is 15.6 Å². The number of benzene rings is 1. The number of fused-ring (bicyclic) bond motifs is 1. The number of nitrogens with zero attached hydrogens (tertiary/aromatic N) is 3. The molecule has 1 aromatic heterocycles. The molecule has 0 radical (unpaired) electrons. The summed E-state index contributed by atoms with van der Waals surface area (Å²) in [5.74, 6) is 0.980. The molecule has 2 aromatic rings. The molecule has 2 aliphatic rings. The minimum absolute atomic E-state index is 0. The Morgan fingerprint density at radius 1 is 1.18 bits per heavy atom. The molecule has 2 atom stereocenters. The van der Waals surface area contributed by atoms with Gasteiger partial charge in [0.1, 0.15) is 11.6 Å². The Bertz CT molecular complexity index is 829. The number of carbonyl (C=O) groups excluding carboxylic acids is 1. The number of halogens is 3. The van der Waals surface area contributed by atoms with Crippen molar-refractivity contribution in [2.45, 2.75) is 57.5 Å². The van der Waals surface area contributed by atoms with Crippen LogP contribution in [0.15, 0.2) is 18.2 Å². The van der Waals surface area contributed by atoms with Crippen LogP contribution in [0.3, 0.4) is 0 Å². The van der Waals surface area contributed by atoms with Crippen molar-refractivity contribution in [3.8, 4) is 11.4 Å². The fourth-order valence-electron chi connectivity index (χ4n) is 3.96. The molecule has 1 amide bonds. The van der Waals surface area contributed by atoms with E-state index < -0.39 is 0 Å². The first-order valence-corrected chi connectivity index (χ1v) is 9.40. The number of aryl methyl sites for hydroxylation is 1. The SMILES string of the molecule is Cl.Cl.NC1CCC(C(=O)Nc2ccc(F)c(-c3nnc4n3CCCCC4)c2)C1. The third kappa shape index (κ3) is 4.64. The van der Waals surface area contributed by atoms with Crippen LogP contribution >= 0.6 is 24.8 Å². The summed E-state index contributed by atoms with van der Waals surface area (Å²) in [7, 11) is 0. The summed E-state index contributed by atoms with van der Waals surface area (Å²) < 4.78 is 16.5. The molecule has 2 heterocycles. The lowest BCUT2D eigenvalue weighted by Gasteiger charge is -2.13. The summed E-state index contributed by atoms with van der Waals surface area (Å²) in [5.41, 5.74) is 6.86. The van der Waals surface area contributed by atoms with Gasteiger partial charge in [0.2, 0.25) is 5.91 Å². The van der Waals surface area contributed by atoms with E-state index in [4.69, 9.17) is 5.73 Å². The Morgan fingerprint density at radius 3 is 2.75 bits per heavy atom. The standard InChI is InChI=1S/C19H24FN5O.2ClH/c20-16-8-7-14(22-19(26)12-5-6-13(21)10-12)11-15(16)18-24-23-17-4-2-1-3-9-25(17)18;;/h7-8,11-13H,1-6,9-10,21H2,(H,22,26);2*1H. The van der Waals surface area contributed by atoms with Gasteiger partial charge in [-0.3, -0.25) is 4.79 Å². The van der Waals surface area contributed by atoms with Gasteiger partial charge in [0.05, 0.1) is 5.56 Å². The van der Waals surface area contributed by atoms with Crippen molar-refractivity contribution in [3.63, 3.8) is 0 Å². The molecule has 0 spiro atoms. The van der Waals surface area contributed by atoms with E-state index in [2.05, 4.69) is 15.5 Å². The maximum atomic E-state index is 14.5. The predicted octanol–water partition coefficient (Wildman–Crippen LogP) is 3.72. The highest BCUT2D eigenvalue weighted by molar-refractivity contribution is 5.93. The van der Waals surface area contributed by atoms with Crippen molar-refractivity contribution in [3.05, 3.63) is 29.8 Å². The number of anilines is 1. The lowest BCUT2D eigenvalue weighted by Crippen LogP contribution is -2.23. The number of aromatic nitrogens is 3. The van der Waals surface area contributed by atoms with Gasteiger partial charge in [0, 0.05) is 30.6 Å². The second-order valence-corrected chi connectivity index (χ2v) is 7.36. The van der Waals surface area contributed by atoms with E-state index in [1.807, 2.05) is 4.57 Å². The van der Waals surface area contributed by atoms with Gasteiger partial charge in [-0.05, 0) is 50.3 Å². The van der Waals surface area contributed by atoms with Gasteiger partial charge >= 0.3 is 0 Å². The maximum absolute atomic E-state index is 14.5. The van der Waals surface area contributed by atoms with E-state index in [0.717, 1.165) is 50.9 Å². The van der Waals surface area contributed by atoms with Gasteiger partial charge in [-0.2, -0.15) is 0 Å². The zero-order chi connectivity index (χ0) is 18.1. The summed E-state index contributed by atoms with van der Waals surface area (Å²) in [6.45, 7) is 0.799. The molecule has 1 aromatic carbocycles. The van der Waals surface area contributed by atoms with Gasteiger partial charge in [0.15, 0.2) is 5.82 Å². The van der Waals surface area contributed by atoms with E-state index in [0.29, 0.717) is 23.5 Å². The Kier molecular flexibility index (Phi) is 7.80. The molecule has 0 bridgehead atoms. The summed E-state index contributed by atoms with van der Waals surface area (Å²) in [6.07, 6.45) is 6.52. The van der Waals surface area contributed by atoms with Crippen molar-refractivity contribution in [2.24, 2.45) is 11.7 Å². The maximum Gasteiger partial charge on any atom is 0.227 e. The number of hydrogen-bond donors (Lipinski definition) is 2. The smallest absolute Gasteiger partial charge is 0.227 e. The predicted molar refractivity (Wildman–Crippen MR) is 111 cm³/mol. The molecule has 4 rings (SSSR count). The molecule has 1 aliphatic heterocycles. The van der Waals surface area contributed by atoms with Crippen LogP contribution in [-0.4, -0.2) is 26.7 Å². The first-order chi connectivity index (χ1) is 12.6. The summed E-state index contributed by atoms with van der Waals surface area (Å²) in [6, 6.07) is 4.72. The van der Waals surface area contributed by atoms with Gasteiger partial charge in [-0.15, -0.1) is 35.0 Å². The van der Waals surface area contributed by atoms with Crippen molar-refractivity contribution in [1.29, 1.82) is 0 Å². The lowest BCUT2D eigenvalue weighted by atomic mass is 10.1. The quantitative estimate of drug-likeness (QED) is 0.777. The molecule has 28 heavy (non-hydrogen) atoms. The van der Waals surface area contributed by atoms with Gasteiger partial charge in [0.25, 0.3) is 0 Å². The second kappa shape index (κ2) is 9.67. The lowest BCUT2D eigenvalue weighted by molar-refractivity contribution is -0.119. The summed E-state index contributed by atoms with van der Waals surface area (Å²) in [5, 5.41) is 11.4. The second-order valence-electron chi connectivity index (χ2n) is 7.36. The normalized spacial score (nSPS) is 21.1. The third-order valence-electron chi connectivity index (χ3n) is 5.43. The first kappa shape index (κ1) is 22.6. The minimum atomic E-state index is -0.356. The Hall–Kier alpha value is -1.70. The van der Waals surface area contributed by atoms with Crippen LogP contribution in [0.25, 0.3) is 11.4 Å². The van der Waals surface area contributed by atoms with Crippen LogP contribution in [0.4, 0.5) is 10.1 Å². The van der Waals surface area contributed by atoms with Crippen molar-refractivity contribution < 1.29 is 9.18 Å². The number of rotatable bonds is 3.